The van der Waals surface area contributed by atoms with E-state index in [2.05, 4.69) is 10.2 Å². The summed E-state index contributed by atoms with van der Waals surface area (Å²) in [6.07, 6.45) is 2.06. The number of rotatable bonds is 5. The van der Waals surface area contributed by atoms with Gasteiger partial charge < -0.3 is 5.32 Å². The molecule has 0 unspecified atom stereocenters. The maximum absolute atomic E-state index is 12.7. The molecule has 1 aliphatic heterocycles. The minimum Gasteiger partial charge on any atom is -0.316 e. The van der Waals surface area contributed by atoms with Gasteiger partial charge in [-0.2, -0.15) is 13.2 Å². The average Bonchev–Trinajstić information content (AvgIpc) is 2.50. The number of benzene rings is 1. The molecule has 0 spiro atoms. The molecule has 1 aromatic carbocycles. The number of hydrogen-bond acceptors (Lipinski definition) is 2. The van der Waals surface area contributed by atoms with E-state index in [4.69, 9.17) is 0 Å². The Morgan fingerprint density at radius 2 is 1.65 bits per heavy atom. The zero-order valence-corrected chi connectivity index (χ0v) is 13.4. The van der Waals surface area contributed by atoms with Crippen molar-refractivity contribution in [1.82, 2.24) is 10.2 Å². The summed E-state index contributed by atoms with van der Waals surface area (Å²) in [5.74, 6) is 0.686. The Bertz CT molecular complexity index is 488. The maximum atomic E-state index is 12.7. The van der Waals surface area contributed by atoms with E-state index >= 15 is 0 Å². The van der Waals surface area contributed by atoms with E-state index in [1.807, 2.05) is 0 Å². The monoisotopic (exact) mass is 326 g/mol. The molecule has 5 heteroatoms. The topological polar surface area (TPSA) is 15.3 Å². The molecule has 1 aromatic rings. The van der Waals surface area contributed by atoms with Crippen molar-refractivity contribution in [2.75, 3.05) is 19.6 Å². The summed E-state index contributed by atoms with van der Waals surface area (Å²) in [6.45, 7) is 3.95. The molecule has 0 bridgehead atoms. The third-order valence-electron chi connectivity index (χ3n) is 5.12. The van der Waals surface area contributed by atoms with Gasteiger partial charge in [-0.05, 0) is 36.5 Å². The van der Waals surface area contributed by atoms with E-state index in [9.17, 15) is 13.2 Å². The third-order valence-corrected chi connectivity index (χ3v) is 5.12. The van der Waals surface area contributed by atoms with Gasteiger partial charge in [-0.25, -0.2) is 0 Å². The minimum atomic E-state index is -4.25. The molecule has 0 radical (unpaired) electrons. The quantitative estimate of drug-likeness (QED) is 0.878. The van der Waals surface area contributed by atoms with Gasteiger partial charge in [-0.3, -0.25) is 4.90 Å². The summed E-state index contributed by atoms with van der Waals surface area (Å²) >= 11 is 0. The summed E-state index contributed by atoms with van der Waals surface area (Å²) in [4.78, 5) is 2.51. The van der Waals surface area contributed by atoms with Crippen LogP contribution in [0.1, 0.15) is 43.2 Å². The van der Waals surface area contributed by atoms with Crippen LogP contribution < -0.4 is 5.32 Å². The van der Waals surface area contributed by atoms with Gasteiger partial charge in [0.2, 0.25) is 0 Å². The van der Waals surface area contributed by atoms with E-state index in [1.54, 1.807) is 12.1 Å². The fourth-order valence-corrected chi connectivity index (χ4v) is 3.63. The Kier molecular flexibility index (Phi) is 5.27. The molecule has 3 rings (SSSR count). The lowest BCUT2D eigenvalue weighted by molar-refractivity contribution is -0.137. The van der Waals surface area contributed by atoms with Crippen LogP contribution in [0.25, 0.3) is 0 Å². The van der Waals surface area contributed by atoms with Crippen molar-refractivity contribution in [2.45, 2.75) is 50.9 Å². The van der Waals surface area contributed by atoms with Crippen molar-refractivity contribution >= 4 is 0 Å². The number of halogens is 3. The molecule has 1 saturated heterocycles. The van der Waals surface area contributed by atoms with Crippen LogP contribution in [0.4, 0.5) is 13.2 Å². The normalized spacial score (nSPS) is 20.7. The predicted molar refractivity (Wildman–Crippen MR) is 85.1 cm³/mol. The second kappa shape index (κ2) is 7.22. The fourth-order valence-electron chi connectivity index (χ4n) is 3.63. The molecule has 2 fully saturated rings. The van der Waals surface area contributed by atoms with Crippen LogP contribution >= 0.6 is 0 Å². The second-order valence-corrected chi connectivity index (χ2v) is 6.94. The van der Waals surface area contributed by atoms with Crippen LogP contribution in [-0.2, 0) is 12.7 Å². The number of nitrogens with zero attached hydrogens (tertiary/aromatic N) is 1. The molecule has 1 aliphatic carbocycles. The lowest BCUT2D eigenvalue weighted by Gasteiger charge is -2.39. The molecular formula is C18H25F3N2. The van der Waals surface area contributed by atoms with Crippen LogP contribution in [0.2, 0.25) is 0 Å². The molecule has 23 heavy (non-hydrogen) atoms. The summed E-state index contributed by atoms with van der Waals surface area (Å²) in [6, 6.07) is 6.28. The standard InChI is InChI=1S/C18H25F3N2/c19-18(20,21)16-8-6-14(7-9-16)12-23(13-15-10-22-11-15)17-4-2-1-3-5-17/h6-9,15,17,22H,1-5,10-13H2. The first-order valence-corrected chi connectivity index (χ1v) is 8.63. The van der Waals surface area contributed by atoms with Gasteiger partial charge in [0.25, 0.3) is 0 Å². The van der Waals surface area contributed by atoms with Gasteiger partial charge in [-0.15, -0.1) is 0 Å². The van der Waals surface area contributed by atoms with Gasteiger partial charge >= 0.3 is 6.18 Å². The first-order chi connectivity index (χ1) is 11.0. The van der Waals surface area contributed by atoms with Crippen molar-refractivity contribution in [3.05, 3.63) is 35.4 Å². The van der Waals surface area contributed by atoms with Crippen LogP contribution in [0.15, 0.2) is 24.3 Å². The van der Waals surface area contributed by atoms with E-state index in [0.717, 1.165) is 31.7 Å². The molecule has 1 heterocycles. The third kappa shape index (κ3) is 4.48. The molecule has 0 atom stereocenters. The zero-order chi connectivity index (χ0) is 16.3. The van der Waals surface area contributed by atoms with Crippen molar-refractivity contribution in [2.24, 2.45) is 5.92 Å². The zero-order valence-electron chi connectivity index (χ0n) is 13.4. The lowest BCUT2D eigenvalue weighted by Crippen LogP contribution is -2.50. The van der Waals surface area contributed by atoms with Crippen molar-refractivity contribution in [3.8, 4) is 0 Å². The Hall–Kier alpha value is -1.07. The summed E-state index contributed by atoms with van der Waals surface area (Å²) in [7, 11) is 0. The summed E-state index contributed by atoms with van der Waals surface area (Å²) < 4.78 is 38.0. The Morgan fingerprint density at radius 1 is 1.00 bits per heavy atom. The highest BCUT2D eigenvalue weighted by Gasteiger charge is 2.30. The van der Waals surface area contributed by atoms with E-state index < -0.39 is 11.7 Å². The van der Waals surface area contributed by atoms with Gasteiger partial charge in [0.15, 0.2) is 0 Å². The minimum absolute atomic E-state index is 0.561. The molecule has 1 saturated carbocycles. The first kappa shape index (κ1) is 16.8. The molecular weight excluding hydrogens is 301 g/mol. The van der Waals surface area contributed by atoms with E-state index in [1.165, 1.54) is 44.2 Å². The van der Waals surface area contributed by atoms with Crippen LogP contribution in [0.3, 0.4) is 0 Å². The highest BCUT2D eigenvalue weighted by Crippen LogP contribution is 2.30. The molecule has 2 nitrogen and oxygen atoms in total. The largest absolute Gasteiger partial charge is 0.416 e. The van der Waals surface area contributed by atoms with Crippen molar-refractivity contribution in [3.63, 3.8) is 0 Å². The van der Waals surface area contributed by atoms with E-state index in [-0.39, 0.29) is 0 Å². The first-order valence-electron chi connectivity index (χ1n) is 8.63. The van der Waals surface area contributed by atoms with Crippen molar-refractivity contribution in [1.29, 1.82) is 0 Å². The average molecular weight is 326 g/mol. The number of alkyl halides is 3. The summed E-state index contributed by atoms with van der Waals surface area (Å²) in [5, 5.41) is 3.31. The molecule has 0 amide bonds. The lowest BCUT2D eigenvalue weighted by atomic mass is 9.92. The van der Waals surface area contributed by atoms with Crippen molar-refractivity contribution < 1.29 is 13.2 Å². The highest BCUT2D eigenvalue weighted by atomic mass is 19.4. The van der Waals surface area contributed by atoms with Gasteiger partial charge in [0.1, 0.15) is 0 Å². The van der Waals surface area contributed by atoms with Crippen LogP contribution in [0, 0.1) is 5.92 Å². The highest BCUT2D eigenvalue weighted by molar-refractivity contribution is 5.24. The maximum Gasteiger partial charge on any atom is 0.416 e. The van der Waals surface area contributed by atoms with E-state index in [0.29, 0.717) is 12.0 Å². The smallest absolute Gasteiger partial charge is 0.316 e. The van der Waals surface area contributed by atoms with Crippen LogP contribution in [-0.4, -0.2) is 30.6 Å². The van der Waals surface area contributed by atoms with Gasteiger partial charge in [-0.1, -0.05) is 31.4 Å². The SMILES string of the molecule is FC(F)(F)c1ccc(CN(CC2CNC2)C2CCCCC2)cc1. The van der Waals surface area contributed by atoms with Gasteiger partial charge in [0, 0.05) is 32.2 Å². The van der Waals surface area contributed by atoms with Gasteiger partial charge in [0.05, 0.1) is 5.56 Å². The number of hydrogen-bond donors (Lipinski definition) is 1. The molecule has 1 N–H and O–H groups in total. The fraction of sp³-hybridized carbons (Fsp3) is 0.667. The summed E-state index contributed by atoms with van der Waals surface area (Å²) in [5.41, 5.74) is 0.421. The predicted octanol–water partition coefficient (Wildman–Crippen LogP) is 4.06. The number of nitrogens with one attached hydrogen (secondary N) is 1. The second-order valence-electron chi connectivity index (χ2n) is 6.94. The Labute approximate surface area is 136 Å². The molecule has 0 aromatic heterocycles. The molecule has 2 aliphatic rings. The molecule has 128 valence electrons. The van der Waals surface area contributed by atoms with Crippen LogP contribution in [0.5, 0.6) is 0 Å². The Morgan fingerprint density at radius 3 is 2.17 bits per heavy atom. The Balaban J connectivity index is 1.66.